The molecule has 0 saturated heterocycles. The minimum Gasteiger partial charge on any atom is -0.463 e. The van der Waals surface area contributed by atoms with E-state index in [0.29, 0.717) is 6.42 Å². The first-order valence-electron chi connectivity index (χ1n) is 8.28. The van der Waals surface area contributed by atoms with Gasteiger partial charge >= 0.3 is 18.0 Å². The summed E-state index contributed by atoms with van der Waals surface area (Å²) in [6.45, 7) is 9.84. The zero-order valence-corrected chi connectivity index (χ0v) is 15.4. The Hall–Kier alpha value is -2.09. The van der Waals surface area contributed by atoms with Crippen LogP contribution in [-0.4, -0.2) is 54.6 Å². The first-order chi connectivity index (χ1) is 11.6. The molecule has 0 aliphatic rings. The summed E-state index contributed by atoms with van der Waals surface area (Å²) in [7, 11) is 0. The summed E-state index contributed by atoms with van der Waals surface area (Å²) in [4.78, 5) is 34.0. The number of ether oxygens (including phenoxy) is 3. The molecule has 0 aliphatic carbocycles. The molecule has 0 radical (unpaired) electrons. The molecule has 0 rings (SSSR count). The Labute approximate surface area is 214 Å². The van der Waals surface area contributed by atoms with Gasteiger partial charge in [-0.05, 0) is 20.3 Å². The molecule has 0 aliphatic heterocycles. The van der Waals surface area contributed by atoms with Gasteiger partial charge in [-0.3, -0.25) is 4.79 Å². The van der Waals surface area contributed by atoms with Gasteiger partial charge in [-0.2, -0.15) is 0 Å². The molecule has 0 saturated carbocycles. The lowest BCUT2D eigenvalue weighted by molar-refractivity contribution is -0.147. The fourth-order valence-electron chi connectivity index (χ4n) is 1.98. The SMILES string of the molecule is C.C.C.C.C.C.C.C.C.C=C(C)C(=O)OCCNC(=O)OC(CC(O)CC)CC(C)OC(C)=O. The average molecular weight is 504 g/mol. The fraction of sp³-hybridized carbons (Fsp3) is 0.808. The van der Waals surface area contributed by atoms with Gasteiger partial charge in [0.15, 0.2) is 0 Å². The molecule has 34 heavy (non-hydrogen) atoms. The summed E-state index contributed by atoms with van der Waals surface area (Å²) in [6, 6.07) is 0. The van der Waals surface area contributed by atoms with Gasteiger partial charge in [-0.25, -0.2) is 9.59 Å². The third-order valence-electron chi connectivity index (χ3n) is 3.19. The van der Waals surface area contributed by atoms with E-state index in [4.69, 9.17) is 14.2 Å². The molecule has 0 spiro atoms. The molecular formula is C26H65NO7. The molecule has 0 aromatic carbocycles. The Morgan fingerprint density at radius 3 is 1.74 bits per heavy atom. The van der Waals surface area contributed by atoms with E-state index in [9.17, 15) is 19.5 Å². The standard InChI is InChI=1S/C17H29NO7.9CH4/c1-6-14(20)10-15(9-12(4)24-13(5)19)25-17(22)18-7-8-23-16(21)11(2)3;;;;;;;;;/h12,14-15,20H,2,6-10H2,1,3-5H3,(H,18,22);9*1H4. The van der Waals surface area contributed by atoms with Crippen molar-refractivity contribution in [3.63, 3.8) is 0 Å². The zero-order valence-electron chi connectivity index (χ0n) is 15.4. The molecule has 0 aromatic rings. The predicted octanol–water partition coefficient (Wildman–Crippen LogP) is 7.43. The number of carbonyl (C=O) groups is 3. The highest BCUT2D eigenvalue weighted by molar-refractivity contribution is 5.86. The lowest BCUT2D eigenvalue weighted by Crippen LogP contribution is -2.35. The van der Waals surface area contributed by atoms with Crippen molar-refractivity contribution in [2.24, 2.45) is 0 Å². The maximum Gasteiger partial charge on any atom is 0.407 e. The molecule has 3 atom stereocenters. The van der Waals surface area contributed by atoms with Gasteiger partial charge in [-0.15, -0.1) is 0 Å². The summed E-state index contributed by atoms with van der Waals surface area (Å²) >= 11 is 0. The number of hydrogen-bond donors (Lipinski definition) is 2. The van der Waals surface area contributed by atoms with Crippen LogP contribution >= 0.6 is 0 Å². The van der Waals surface area contributed by atoms with Crippen LogP contribution in [0.25, 0.3) is 0 Å². The number of alkyl carbamates (subject to hydrolysis) is 1. The van der Waals surface area contributed by atoms with Crippen molar-refractivity contribution in [1.82, 2.24) is 5.32 Å². The lowest BCUT2D eigenvalue weighted by Gasteiger charge is -2.23. The van der Waals surface area contributed by atoms with Gasteiger partial charge in [0.05, 0.1) is 12.6 Å². The minimum atomic E-state index is -0.699. The largest absolute Gasteiger partial charge is 0.463 e. The second-order valence-electron chi connectivity index (χ2n) is 5.82. The average Bonchev–Trinajstić information content (AvgIpc) is 2.49. The summed E-state index contributed by atoms with van der Waals surface area (Å²) in [6.07, 6.45) is -1.36. The molecule has 0 bridgehead atoms. The number of carbonyl (C=O) groups excluding carboxylic acids is 3. The number of rotatable bonds is 11. The van der Waals surface area contributed by atoms with Crippen molar-refractivity contribution in [2.45, 2.75) is 132 Å². The van der Waals surface area contributed by atoms with Crippen LogP contribution in [0.1, 0.15) is 114 Å². The fourth-order valence-corrected chi connectivity index (χ4v) is 1.98. The molecule has 8 nitrogen and oxygen atoms in total. The molecule has 0 aromatic heterocycles. The van der Waals surface area contributed by atoms with E-state index in [1.807, 2.05) is 6.92 Å². The van der Waals surface area contributed by atoms with Crippen molar-refractivity contribution in [3.8, 4) is 0 Å². The quantitative estimate of drug-likeness (QED) is 0.130. The topological polar surface area (TPSA) is 111 Å². The van der Waals surface area contributed by atoms with Crippen LogP contribution in [0.2, 0.25) is 0 Å². The van der Waals surface area contributed by atoms with E-state index in [-0.39, 0.29) is 98.4 Å². The number of aliphatic hydroxyl groups is 1. The summed E-state index contributed by atoms with van der Waals surface area (Å²) in [5.41, 5.74) is 0.274. The van der Waals surface area contributed by atoms with Crippen molar-refractivity contribution in [3.05, 3.63) is 12.2 Å². The molecule has 3 unspecified atom stereocenters. The Bertz CT molecular complexity index is 468. The van der Waals surface area contributed by atoms with Crippen molar-refractivity contribution >= 4 is 18.0 Å². The Morgan fingerprint density at radius 1 is 0.882 bits per heavy atom. The number of esters is 2. The third kappa shape index (κ3) is 34.5. The van der Waals surface area contributed by atoms with Crippen molar-refractivity contribution in [2.75, 3.05) is 13.2 Å². The highest BCUT2D eigenvalue weighted by Gasteiger charge is 2.22. The van der Waals surface area contributed by atoms with Crippen LogP contribution < -0.4 is 5.32 Å². The van der Waals surface area contributed by atoms with Crippen LogP contribution in [0.4, 0.5) is 4.79 Å². The van der Waals surface area contributed by atoms with Gasteiger partial charge in [0, 0.05) is 25.3 Å². The van der Waals surface area contributed by atoms with Gasteiger partial charge in [0.25, 0.3) is 0 Å². The predicted molar refractivity (Wildman–Crippen MR) is 151 cm³/mol. The number of nitrogens with one attached hydrogen (secondary N) is 1. The second-order valence-corrected chi connectivity index (χ2v) is 5.82. The second kappa shape index (κ2) is 35.5. The summed E-state index contributed by atoms with van der Waals surface area (Å²) in [5.74, 6) is -0.958. The normalized spacial score (nSPS) is 10.3. The van der Waals surface area contributed by atoms with E-state index in [2.05, 4.69) is 11.9 Å². The highest BCUT2D eigenvalue weighted by atomic mass is 16.6. The maximum atomic E-state index is 11.8. The molecule has 0 fully saturated rings. The van der Waals surface area contributed by atoms with Crippen LogP contribution in [0.5, 0.6) is 0 Å². The number of aliphatic hydroxyl groups excluding tert-OH is 1. The highest BCUT2D eigenvalue weighted by Crippen LogP contribution is 2.14. The Kier molecular flexibility index (Phi) is 66.3. The molecule has 8 heteroatoms. The van der Waals surface area contributed by atoms with Gasteiger partial charge in [0.2, 0.25) is 0 Å². The van der Waals surface area contributed by atoms with Crippen LogP contribution in [0.15, 0.2) is 12.2 Å². The zero-order chi connectivity index (χ0) is 19.4. The Balaban J connectivity index is -0.0000000800. The summed E-state index contributed by atoms with van der Waals surface area (Å²) < 4.78 is 15.1. The molecule has 216 valence electrons. The molecular weight excluding hydrogens is 438 g/mol. The van der Waals surface area contributed by atoms with Crippen LogP contribution in [0, 0.1) is 0 Å². The van der Waals surface area contributed by atoms with E-state index in [0.717, 1.165) is 0 Å². The van der Waals surface area contributed by atoms with Crippen LogP contribution in [-0.2, 0) is 23.8 Å². The van der Waals surface area contributed by atoms with Crippen molar-refractivity contribution in [1.29, 1.82) is 0 Å². The van der Waals surface area contributed by atoms with E-state index in [1.54, 1.807) is 6.92 Å². The number of hydrogen-bond acceptors (Lipinski definition) is 7. The summed E-state index contributed by atoms with van der Waals surface area (Å²) in [5, 5.41) is 12.2. The number of amides is 1. The molecule has 1 amide bonds. The van der Waals surface area contributed by atoms with E-state index >= 15 is 0 Å². The third-order valence-corrected chi connectivity index (χ3v) is 3.19. The van der Waals surface area contributed by atoms with Gasteiger partial charge < -0.3 is 24.6 Å². The van der Waals surface area contributed by atoms with E-state index < -0.39 is 36.3 Å². The molecule has 0 heterocycles. The molecule has 2 N–H and O–H groups in total. The van der Waals surface area contributed by atoms with Gasteiger partial charge in [0.1, 0.15) is 18.8 Å². The van der Waals surface area contributed by atoms with E-state index in [1.165, 1.54) is 13.8 Å². The van der Waals surface area contributed by atoms with Crippen molar-refractivity contribution < 1.29 is 33.7 Å². The Morgan fingerprint density at radius 2 is 1.35 bits per heavy atom. The van der Waals surface area contributed by atoms with Crippen LogP contribution in [0.3, 0.4) is 0 Å². The minimum absolute atomic E-state index is 0. The van der Waals surface area contributed by atoms with Gasteiger partial charge in [-0.1, -0.05) is 80.3 Å². The smallest absolute Gasteiger partial charge is 0.407 e. The first-order valence-corrected chi connectivity index (χ1v) is 8.28. The first kappa shape index (κ1) is 63.5. The maximum absolute atomic E-state index is 11.8. The lowest BCUT2D eigenvalue weighted by atomic mass is 10.0. The monoisotopic (exact) mass is 503 g/mol.